The van der Waals surface area contributed by atoms with Gasteiger partial charge >= 0.3 is 5.97 Å². The van der Waals surface area contributed by atoms with Gasteiger partial charge in [0, 0.05) is 5.92 Å². The van der Waals surface area contributed by atoms with Crippen molar-refractivity contribution in [1.82, 2.24) is 10.1 Å². The van der Waals surface area contributed by atoms with Gasteiger partial charge in [0.1, 0.15) is 0 Å². The molecule has 1 aromatic carbocycles. The number of aromatic nitrogens is 2. The van der Waals surface area contributed by atoms with E-state index in [0.717, 1.165) is 0 Å². The summed E-state index contributed by atoms with van der Waals surface area (Å²) >= 11 is 0. The molecule has 8 heteroatoms. The average Bonchev–Trinajstić information content (AvgIpc) is 2.86. The van der Waals surface area contributed by atoms with Gasteiger partial charge < -0.3 is 14.4 Å². The van der Waals surface area contributed by atoms with Crippen molar-refractivity contribution in [2.45, 2.75) is 26.4 Å². The van der Waals surface area contributed by atoms with Gasteiger partial charge in [0.2, 0.25) is 0 Å². The largest absolute Gasteiger partial charge is 0.478 e. The highest BCUT2D eigenvalue weighted by molar-refractivity contribution is 5.87. The molecule has 0 aliphatic carbocycles. The maximum Gasteiger partial charge on any atom is 0.335 e. The lowest BCUT2D eigenvalue weighted by Crippen LogP contribution is -2.04. The summed E-state index contributed by atoms with van der Waals surface area (Å²) in [6.45, 7) is 3.40. The van der Waals surface area contributed by atoms with Crippen LogP contribution in [0, 0.1) is 11.6 Å². The highest BCUT2D eigenvalue weighted by Gasteiger charge is 2.17. The van der Waals surface area contributed by atoms with Gasteiger partial charge in [-0.25, -0.2) is 13.6 Å². The van der Waals surface area contributed by atoms with Gasteiger partial charge in [-0.1, -0.05) is 19.0 Å². The third-order valence-corrected chi connectivity index (χ3v) is 2.59. The lowest BCUT2D eigenvalue weighted by Gasteiger charge is -2.06. The summed E-state index contributed by atoms with van der Waals surface area (Å²) in [6.07, 6.45) is 0. The summed E-state index contributed by atoms with van der Waals surface area (Å²) in [4.78, 5) is 14.6. The molecular weight excluding hydrogens is 286 g/mol. The summed E-state index contributed by atoms with van der Waals surface area (Å²) in [5.41, 5.74) is -0.503. The van der Waals surface area contributed by atoms with Crippen LogP contribution in [-0.2, 0) is 6.61 Å². The van der Waals surface area contributed by atoms with Crippen molar-refractivity contribution in [1.29, 1.82) is 0 Å². The Morgan fingerprint density at radius 3 is 2.48 bits per heavy atom. The van der Waals surface area contributed by atoms with Crippen LogP contribution < -0.4 is 4.74 Å². The molecule has 1 N–H and O–H groups in total. The summed E-state index contributed by atoms with van der Waals surface area (Å²) in [7, 11) is 0. The smallest absolute Gasteiger partial charge is 0.335 e. The van der Waals surface area contributed by atoms with Crippen LogP contribution in [0.1, 0.15) is 41.8 Å². The van der Waals surface area contributed by atoms with Crippen LogP contribution in [0.4, 0.5) is 8.78 Å². The van der Waals surface area contributed by atoms with E-state index < -0.39 is 28.9 Å². The molecule has 0 aliphatic rings. The van der Waals surface area contributed by atoms with Gasteiger partial charge in [-0.2, -0.15) is 4.98 Å². The third kappa shape index (κ3) is 3.33. The maximum absolute atomic E-state index is 13.6. The van der Waals surface area contributed by atoms with Gasteiger partial charge in [0.05, 0.1) is 5.56 Å². The van der Waals surface area contributed by atoms with E-state index in [1.54, 1.807) is 0 Å². The molecule has 0 amide bonds. The third-order valence-electron chi connectivity index (χ3n) is 2.59. The van der Waals surface area contributed by atoms with Crippen molar-refractivity contribution in [3.05, 3.63) is 41.0 Å². The van der Waals surface area contributed by atoms with Gasteiger partial charge in [-0.15, -0.1) is 0 Å². The van der Waals surface area contributed by atoms with E-state index in [9.17, 15) is 13.6 Å². The van der Waals surface area contributed by atoms with Crippen LogP contribution in [0.25, 0.3) is 0 Å². The number of halogens is 2. The summed E-state index contributed by atoms with van der Waals surface area (Å²) in [5.74, 6) is -3.78. The van der Waals surface area contributed by atoms with Gasteiger partial charge in [0.25, 0.3) is 5.89 Å². The summed E-state index contributed by atoms with van der Waals surface area (Å²) in [6, 6.07) is 1.35. The molecule has 0 saturated carbocycles. The number of carbonyl (C=O) groups is 1. The molecule has 1 heterocycles. The molecule has 0 radical (unpaired) electrons. The fraction of sp³-hybridized carbons (Fsp3) is 0.308. The second-order valence-corrected chi connectivity index (χ2v) is 4.56. The van der Waals surface area contributed by atoms with E-state index in [0.29, 0.717) is 18.0 Å². The van der Waals surface area contributed by atoms with Gasteiger partial charge in [-0.05, 0) is 12.1 Å². The van der Waals surface area contributed by atoms with Crippen LogP contribution in [0.5, 0.6) is 5.75 Å². The monoisotopic (exact) mass is 298 g/mol. The molecule has 0 atom stereocenters. The fourth-order valence-electron chi connectivity index (χ4n) is 1.52. The molecule has 1 aromatic heterocycles. The fourth-order valence-corrected chi connectivity index (χ4v) is 1.52. The Labute approximate surface area is 118 Å². The van der Waals surface area contributed by atoms with Crippen LogP contribution in [0.3, 0.4) is 0 Å². The van der Waals surface area contributed by atoms with E-state index in [4.69, 9.17) is 14.4 Å². The Bertz CT molecular complexity index is 647. The van der Waals surface area contributed by atoms with Crippen molar-refractivity contribution in [2.75, 3.05) is 0 Å². The number of carboxylic acids is 1. The zero-order valence-corrected chi connectivity index (χ0v) is 11.3. The Morgan fingerprint density at radius 2 is 2.00 bits per heavy atom. The van der Waals surface area contributed by atoms with E-state index >= 15 is 0 Å². The quantitative estimate of drug-likeness (QED) is 0.913. The molecule has 112 valence electrons. The Morgan fingerprint density at radius 1 is 1.38 bits per heavy atom. The second-order valence-electron chi connectivity index (χ2n) is 4.56. The average molecular weight is 298 g/mol. The lowest BCUT2D eigenvalue weighted by molar-refractivity contribution is 0.0695. The predicted molar refractivity (Wildman–Crippen MR) is 66.0 cm³/mol. The van der Waals surface area contributed by atoms with Crippen molar-refractivity contribution >= 4 is 5.97 Å². The number of hydrogen-bond donors (Lipinski definition) is 1. The van der Waals surface area contributed by atoms with Gasteiger partial charge in [-0.3, -0.25) is 0 Å². The maximum atomic E-state index is 13.6. The van der Waals surface area contributed by atoms with E-state index in [-0.39, 0.29) is 18.4 Å². The SMILES string of the molecule is CC(C)c1noc(COc2c(F)cc(C(=O)O)cc2F)n1. The molecule has 2 aromatic rings. The second kappa shape index (κ2) is 5.86. The van der Waals surface area contributed by atoms with Crippen LogP contribution >= 0.6 is 0 Å². The molecule has 0 spiro atoms. The highest BCUT2D eigenvalue weighted by Crippen LogP contribution is 2.24. The molecular formula is C13H12F2N2O4. The van der Waals surface area contributed by atoms with Crippen LogP contribution in [0.15, 0.2) is 16.7 Å². The van der Waals surface area contributed by atoms with Gasteiger partial charge in [0.15, 0.2) is 29.8 Å². The summed E-state index contributed by atoms with van der Waals surface area (Å²) < 4.78 is 37.0. The number of ether oxygens (including phenoxy) is 1. The number of rotatable bonds is 5. The Kier molecular flexibility index (Phi) is 4.15. The Balaban J connectivity index is 2.14. The Hall–Kier alpha value is -2.51. The minimum absolute atomic E-state index is 0.0471. The van der Waals surface area contributed by atoms with E-state index in [2.05, 4.69) is 10.1 Å². The number of carboxylic acid groups (broad SMARTS) is 1. The first kappa shape index (κ1) is 14.9. The minimum Gasteiger partial charge on any atom is -0.478 e. The number of hydrogen-bond acceptors (Lipinski definition) is 5. The van der Waals surface area contributed by atoms with Crippen LogP contribution in [-0.4, -0.2) is 21.2 Å². The topological polar surface area (TPSA) is 85.5 Å². The zero-order valence-electron chi connectivity index (χ0n) is 11.3. The summed E-state index contributed by atoms with van der Waals surface area (Å²) in [5, 5.41) is 12.4. The number of aromatic carboxylic acids is 1. The predicted octanol–water partition coefficient (Wildman–Crippen LogP) is 2.75. The number of benzene rings is 1. The van der Waals surface area contributed by atoms with Crippen LogP contribution in [0.2, 0.25) is 0 Å². The van der Waals surface area contributed by atoms with Crippen molar-refractivity contribution in [3.63, 3.8) is 0 Å². The molecule has 0 unspecified atom stereocenters. The van der Waals surface area contributed by atoms with E-state index in [1.807, 2.05) is 13.8 Å². The lowest BCUT2D eigenvalue weighted by atomic mass is 10.2. The first-order valence-corrected chi connectivity index (χ1v) is 6.06. The van der Waals surface area contributed by atoms with Crippen molar-refractivity contribution in [2.24, 2.45) is 0 Å². The molecule has 6 nitrogen and oxygen atoms in total. The molecule has 0 aliphatic heterocycles. The highest BCUT2D eigenvalue weighted by atomic mass is 19.1. The number of nitrogens with zero attached hydrogens (tertiary/aromatic N) is 2. The first-order valence-electron chi connectivity index (χ1n) is 6.06. The standard InChI is InChI=1S/C13H12F2N2O4/c1-6(2)12-16-10(21-17-12)5-20-11-8(14)3-7(13(18)19)4-9(11)15/h3-4,6H,5H2,1-2H3,(H,18,19). The molecule has 21 heavy (non-hydrogen) atoms. The first-order chi connectivity index (χ1) is 9.88. The molecule has 0 bridgehead atoms. The van der Waals surface area contributed by atoms with Crippen molar-refractivity contribution < 1.29 is 27.9 Å². The molecule has 0 fully saturated rings. The minimum atomic E-state index is -1.43. The normalized spacial score (nSPS) is 10.9. The van der Waals surface area contributed by atoms with E-state index in [1.165, 1.54) is 0 Å². The molecule has 2 rings (SSSR count). The van der Waals surface area contributed by atoms with Crippen molar-refractivity contribution in [3.8, 4) is 5.75 Å². The molecule has 0 saturated heterocycles. The zero-order chi connectivity index (χ0) is 15.6.